The molecule has 0 bridgehead atoms. The van der Waals surface area contributed by atoms with Gasteiger partial charge in [-0.05, 0) is 147 Å². The van der Waals surface area contributed by atoms with Crippen LogP contribution >= 0.6 is 0 Å². The fraction of sp³-hybridized carbons (Fsp3) is 0.163. The Hall–Kier alpha value is -8.33. The molecular weight excluding hydrogens is 829 g/mol. The molecule has 0 saturated carbocycles. The Kier molecular flexibility index (Phi) is 17.7. The maximum atomic E-state index is 12.8. The largest absolute Gasteiger partial charge is 0.494 e. The second-order valence-corrected chi connectivity index (χ2v) is 13.3. The SMILES string of the molecule is C=CC(=O)OCCCCOC(=O)c1ccc(OC(=O)c2ccc(OC(=O)c3ccc(OC(=O)c4ccc(OC(=O)c5ccc(OCCCCOC(=O)C=C)cc5)cc4)cc3)cc2)cc1. The normalized spacial score (nSPS) is 10.3. The quantitative estimate of drug-likeness (QED) is 0.0213. The summed E-state index contributed by atoms with van der Waals surface area (Å²) in [5.74, 6) is -2.96. The molecule has 0 atom stereocenters. The third-order valence-corrected chi connectivity index (χ3v) is 8.69. The molecule has 0 aromatic heterocycles. The Morgan fingerprint density at radius 2 is 0.578 bits per heavy atom. The summed E-state index contributed by atoms with van der Waals surface area (Å²) in [6, 6.07) is 29.4. The second kappa shape index (κ2) is 24.2. The number of unbranched alkanes of at least 4 members (excludes halogenated alkanes) is 2. The van der Waals surface area contributed by atoms with E-state index in [2.05, 4.69) is 13.2 Å². The van der Waals surface area contributed by atoms with Crippen LogP contribution in [-0.2, 0) is 23.8 Å². The van der Waals surface area contributed by atoms with Crippen LogP contribution in [0, 0.1) is 0 Å². The lowest BCUT2D eigenvalue weighted by Crippen LogP contribution is -2.11. The minimum atomic E-state index is -0.701. The molecule has 328 valence electrons. The fourth-order valence-corrected chi connectivity index (χ4v) is 5.30. The molecule has 5 aromatic rings. The molecule has 0 aliphatic carbocycles. The number of hydrogen-bond acceptors (Lipinski definition) is 15. The highest BCUT2D eigenvalue weighted by molar-refractivity contribution is 5.95. The number of carbonyl (C=O) groups is 7. The number of carbonyl (C=O) groups excluding carboxylic acids is 7. The minimum absolute atomic E-state index is 0.137. The standard InChI is InChI=1S/C49H42O15/c1-3-43(50)58-30-6-5-29-57-38-19-9-34(10-20-38)46(53)62-40-23-13-36(14-24-40)48(55)64-42-27-17-37(18-28-42)49(56)63-41-25-15-35(16-26-41)47(54)61-39-21-11-33(12-22-39)45(52)60-32-8-7-31-59-44(51)4-2/h3-4,9-28H,1-2,5-8,29-32H2. The summed E-state index contributed by atoms with van der Waals surface area (Å²) in [4.78, 5) is 85.4. The van der Waals surface area contributed by atoms with E-state index < -0.39 is 41.8 Å². The molecule has 15 heteroatoms. The van der Waals surface area contributed by atoms with Crippen LogP contribution in [0.15, 0.2) is 147 Å². The first kappa shape index (κ1) is 46.7. The van der Waals surface area contributed by atoms with Crippen LogP contribution in [0.4, 0.5) is 0 Å². The summed E-state index contributed by atoms with van der Waals surface area (Å²) in [7, 11) is 0. The molecule has 15 nitrogen and oxygen atoms in total. The minimum Gasteiger partial charge on any atom is -0.494 e. The van der Waals surface area contributed by atoms with Crippen molar-refractivity contribution < 1.29 is 71.5 Å². The average Bonchev–Trinajstić information content (AvgIpc) is 3.31. The first-order valence-corrected chi connectivity index (χ1v) is 19.8. The van der Waals surface area contributed by atoms with Crippen molar-refractivity contribution in [3.63, 3.8) is 0 Å². The molecule has 64 heavy (non-hydrogen) atoms. The van der Waals surface area contributed by atoms with Crippen molar-refractivity contribution in [2.24, 2.45) is 0 Å². The summed E-state index contributed by atoms with van der Waals surface area (Å²) >= 11 is 0. The van der Waals surface area contributed by atoms with Gasteiger partial charge in [-0.2, -0.15) is 0 Å². The van der Waals surface area contributed by atoms with Crippen LogP contribution in [0.3, 0.4) is 0 Å². The third-order valence-electron chi connectivity index (χ3n) is 8.69. The van der Waals surface area contributed by atoms with Gasteiger partial charge < -0.3 is 37.9 Å². The lowest BCUT2D eigenvalue weighted by molar-refractivity contribution is -0.138. The Morgan fingerprint density at radius 1 is 0.328 bits per heavy atom. The summed E-state index contributed by atoms with van der Waals surface area (Å²) in [5.41, 5.74) is 1.07. The van der Waals surface area contributed by atoms with E-state index in [1.165, 1.54) is 97.1 Å². The second-order valence-electron chi connectivity index (χ2n) is 13.3. The number of ether oxygens (including phenoxy) is 8. The predicted molar refractivity (Wildman–Crippen MR) is 229 cm³/mol. The molecule has 0 amide bonds. The van der Waals surface area contributed by atoms with Crippen molar-refractivity contribution >= 4 is 41.8 Å². The van der Waals surface area contributed by atoms with Gasteiger partial charge in [-0.25, -0.2) is 33.6 Å². The van der Waals surface area contributed by atoms with Gasteiger partial charge in [0.2, 0.25) is 0 Å². The van der Waals surface area contributed by atoms with E-state index in [4.69, 9.17) is 37.9 Å². The highest BCUT2D eigenvalue weighted by Gasteiger charge is 2.16. The smallest absolute Gasteiger partial charge is 0.343 e. The maximum Gasteiger partial charge on any atom is 0.343 e. The van der Waals surface area contributed by atoms with E-state index in [1.54, 1.807) is 24.3 Å². The van der Waals surface area contributed by atoms with Crippen molar-refractivity contribution in [3.05, 3.63) is 174 Å². The van der Waals surface area contributed by atoms with Crippen LogP contribution in [0.5, 0.6) is 28.7 Å². The van der Waals surface area contributed by atoms with E-state index in [0.717, 1.165) is 12.2 Å². The molecule has 0 N–H and O–H groups in total. The van der Waals surface area contributed by atoms with Crippen molar-refractivity contribution in [2.75, 3.05) is 26.4 Å². The average molecular weight is 871 g/mol. The molecule has 5 aromatic carbocycles. The highest BCUT2D eigenvalue weighted by atomic mass is 16.6. The molecule has 0 radical (unpaired) electrons. The molecule has 0 heterocycles. The van der Waals surface area contributed by atoms with Crippen LogP contribution in [-0.4, -0.2) is 68.2 Å². The van der Waals surface area contributed by atoms with Gasteiger partial charge in [-0.15, -0.1) is 0 Å². The van der Waals surface area contributed by atoms with Gasteiger partial charge in [-0.1, -0.05) is 13.2 Å². The van der Waals surface area contributed by atoms with Crippen LogP contribution < -0.4 is 23.7 Å². The van der Waals surface area contributed by atoms with Crippen LogP contribution in [0.1, 0.15) is 77.5 Å². The van der Waals surface area contributed by atoms with Gasteiger partial charge >= 0.3 is 41.8 Å². The first-order chi connectivity index (χ1) is 31.0. The molecular formula is C49H42O15. The Labute approximate surface area is 367 Å². The molecule has 0 aliphatic heterocycles. The van der Waals surface area contributed by atoms with E-state index in [9.17, 15) is 33.6 Å². The lowest BCUT2D eigenvalue weighted by Gasteiger charge is -2.09. The molecule has 0 aliphatic rings. The van der Waals surface area contributed by atoms with Gasteiger partial charge in [0, 0.05) is 12.2 Å². The maximum absolute atomic E-state index is 12.8. The number of benzene rings is 5. The van der Waals surface area contributed by atoms with Gasteiger partial charge in [0.1, 0.15) is 28.7 Å². The summed E-state index contributed by atoms with van der Waals surface area (Å²) in [5, 5.41) is 0. The summed E-state index contributed by atoms with van der Waals surface area (Å²) < 4.78 is 42.3. The van der Waals surface area contributed by atoms with Crippen molar-refractivity contribution in [2.45, 2.75) is 25.7 Å². The molecule has 0 fully saturated rings. The number of esters is 7. The van der Waals surface area contributed by atoms with Crippen molar-refractivity contribution in [3.8, 4) is 28.7 Å². The van der Waals surface area contributed by atoms with E-state index >= 15 is 0 Å². The molecule has 0 saturated heterocycles. The highest BCUT2D eigenvalue weighted by Crippen LogP contribution is 2.22. The zero-order valence-electron chi connectivity index (χ0n) is 34.4. The van der Waals surface area contributed by atoms with Gasteiger partial charge in [0.05, 0.1) is 54.2 Å². The Bertz CT molecular complexity index is 2420. The molecule has 0 unspecified atom stereocenters. The molecule has 5 rings (SSSR count). The van der Waals surface area contributed by atoms with Crippen LogP contribution in [0.25, 0.3) is 0 Å². The summed E-state index contributed by atoms with van der Waals surface area (Å²) in [6.07, 6.45) is 4.49. The topological polar surface area (TPSA) is 193 Å². The lowest BCUT2D eigenvalue weighted by atomic mass is 10.2. The van der Waals surface area contributed by atoms with Crippen molar-refractivity contribution in [1.29, 1.82) is 0 Å². The van der Waals surface area contributed by atoms with E-state index in [1.807, 2.05) is 0 Å². The molecule has 0 spiro atoms. The summed E-state index contributed by atoms with van der Waals surface area (Å²) in [6.45, 7) is 7.66. The van der Waals surface area contributed by atoms with Gasteiger partial charge in [-0.3, -0.25) is 0 Å². The van der Waals surface area contributed by atoms with Gasteiger partial charge in [0.15, 0.2) is 0 Å². The predicted octanol–water partition coefficient (Wildman–Crippen LogP) is 8.12. The van der Waals surface area contributed by atoms with Crippen molar-refractivity contribution in [1.82, 2.24) is 0 Å². The number of rotatable bonds is 22. The first-order valence-electron chi connectivity index (χ1n) is 19.8. The Balaban J connectivity index is 1.01. The third kappa shape index (κ3) is 15.0. The van der Waals surface area contributed by atoms with E-state index in [0.29, 0.717) is 38.0 Å². The van der Waals surface area contributed by atoms with Crippen LogP contribution in [0.2, 0.25) is 0 Å². The zero-order valence-corrected chi connectivity index (χ0v) is 34.4. The Morgan fingerprint density at radius 3 is 0.875 bits per heavy atom. The van der Waals surface area contributed by atoms with E-state index in [-0.39, 0.29) is 70.6 Å². The van der Waals surface area contributed by atoms with Gasteiger partial charge in [0.25, 0.3) is 0 Å². The number of hydrogen-bond donors (Lipinski definition) is 0. The zero-order chi connectivity index (χ0) is 45.7. The monoisotopic (exact) mass is 870 g/mol. The fourth-order valence-electron chi connectivity index (χ4n) is 5.30.